The lowest BCUT2D eigenvalue weighted by molar-refractivity contribution is -0.109. The van der Waals surface area contributed by atoms with Crippen LogP contribution in [-0.2, 0) is 11.3 Å². The van der Waals surface area contributed by atoms with Gasteiger partial charge >= 0.3 is 4.87 Å². The molecule has 1 heterocycles. The van der Waals surface area contributed by atoms with Crippen LogP contribution < -0.4 is 9.61 Å². The van der Waals surface area contributed by atoms with Gasteiger partial charge in [-0.05, 0) is 34.7 Å². The summed E-state index contributed by atoms with van der Waals surface area (Å²) in [6.45, 7) is 0.413. The number of benzene rings is 3. The highest BCUT2D eigenvalue weighted by Crippen LogP contribution is 2.32. The van der Waals surface area contributed by atoms with Crippen LogP contribution in [0.5, 0.6) is 11.6 Å². The first-order valence-corrected chi connectivity index (χ1v) is 11.0. The quantitative estimate of drug-likeness (QED) is 0.444. The van der Waals surface area contributed by atoms with Gasteiger partial charge in [0.05, 0.1) is 11.4 Å². The third kappa shape index (κ3) is 3.65. The Kier molecular flexibility index (Phi) is 5.21. The predicted octanol–water partition coefficient (Wildman–Crippen LogP) is 4.98. The van der Waals surface area contributed by atoms with E-state index in [-0.39, 0.29) is 29.7 Å². The molecule has 1 aliphatic carbocycles. The molecule has 1 aliphatic rings. The number of ketones is 1. The van der Waals surface area contributed by atoms with Crippen LogP contribution >= 0.6 is 11.3 Å². The zero-order valence-corrected chi connectivity index (χ0v) is 17.8. The molecule has 0 aliphatic heterocycles. The smallest absolute Gasteiger partial charge is 0.310 e. The summed E-state index contributed by atoms with van der Waals surface area (Å²) >= 11 is 0.909. The lowest BCUT2D eigenvalue weighted by Crippen LogP contribution is -2.17. The summed E-state index contributed by atoms with van der Waals surface area (Å²) in [4.78, 5) is 25.0. The molecule has 0 saturated heterocycles. The Morgan fingerprint density at radius 1 is 0.938 bits per heavy atom. The summed E-state index contributed by atoms with van der Waals surface area (Å²) in [7, 11) is 0. The van der Waals surface area contributed by atoms with Gasteiger partial charge in [0.2, 0.25) is 5.88 Å². The fourth-order valence-electron chi connectivity index (χ4n) is 3.83. The van der Waals surface area contributed by atoms with Crippen LogP contribution in [0.15, 0.2) is 77.6 Å². The Labute approximate surface area is 188 Å². The highest BCUT2D eigenvalue weighted by molar-refractivity contribution is 7.10. The average Bonchev–Trinajstić information content (AvgIpc) is 3.08. The van der Waals surface area contributed by atoms with Crippen LogP contribution in [0.2, 0.25) is 0 Å². The number of hydrogen-bond acceptors (Lipinski definition) is 5. The lowest BCUT2D eigenvalue weighted by atomic mass is 9.91. The van der Waals surface area contributed by atoms with Gasteiger partial charge in [0.1, 0.15) is 12.4 Å². The topological polar surface area (TPSA) is 68.5 Å². The maximum absolute atomic E-state index is 12.5. The minimum Gasteiger partial charge on any atom is -0.493 e. The van der Waals surface area contributed by atoms with E-state index in [9.17, 15) is 14.7 Å². The highest BCUT2D eigenvalue weighted by atomic mass is 32.1. The first-order chi connectivity index (χ1) is 15.6. The molecule has 32 heavy (non-hydrogen) atoms. The van der Waals surface area contributed by atoms with Crippen LogP contribution in [0.3, 0.4) is 0 Å². The zero-order chi connectivity index (χ0) is 22.1. The molecular formula is C26H19NO4S. The van der Waals surface area contributed by atoms with Gasteiger partial charge in [-0.3, -0.25) is 14.2 Å². The van der Waals surface area contributed by atoms with Crippen LogP contribution in [0.25, 0.3) is 28.5 Å². The van der Waals surface area contributed by atoms with Gasteiger partial charge in [-0.2, -0.15) is 0 Å². The van der Waals surface area contributed by atoms with E-state index in [4.69, 9.17) is 4.74 Å². The van der Waals surface area contributed by atoms with Crippen molar-refractivity contribution in [3.05, 3.63) is 98.5 Å². The van der Waals surface area contributed by atoms with Crippen molar-refractivity contribution in [1.82, 2.24) is 4.57 Å². The van der Waals surface area contributed by atoms with Gasteiger partial charge in [-0.25, -0.2) is 0 Å². The Hall–Kier alpha value is -3.90. The van der Waals surface area contributed by atoms with E-state index in [0.29, 0.717) is 10.5 Å². The number of hydrogen-bond donors (Lipinski definition) is 1. The van der Waals surface area contributed by atoms with Gasteiger partial charge < -0.3 is 9.84 Å². The maximum atomic E-state index is 12.5. The normalized spacial score (nSPS) is 14.1. The van der Waals surface area contributed by atoms with Gasteiger partial charge in [0.15, 0.2) is 5.78 Å². The molecule has 6 heteroatoms. The van der Waals surface area contributed by atoms with E-state index in [2.05, 4.69) is 0 Å². The summed E-state index contributed by atoms with van der Waals surface area (Å²) < 4.78 is 7.19. The van der Waals surface area contributed by atoms with E-state index < -0.39 is 0 Å². The van der Waals surface area contributed by atoms with Gasteiger partial charge in [-0.15, -0.1) is 0 Å². The molecule has 4 aromatic rings. The van der Waals surface area contributed by atoms with E-state index in [1.165, 1.54) is 10.6 Å². The molecule has 0 unspecified atom stereocenters. The highest BCUT2D eigenvalue weighted by Gasteiger charge is 2.20. The number of ether oxygens (including phenoxy) is 1. The number of thiazole rings is 1. The van der Waals surface area contributed by atoms with Gasteiger partial charge in [-0.1, -0.05) is 78.1 Å². The Morgan fingerprint density at radius 2 is 1.72 bits per heavy atom. The Bertz CT molecular complexity index is 1450. The van der Waals surface area contributed by atoms with Crippen molar-refractivity contribution in [2.24, 2.45) is 0 Å². The Morgan fingerprint density at radius 3 is 2.62 bits per heavy atom. The van der Waals surface area contributed by atoms with Crippen molar-refractivity contribution in [2.75, 3.05) is 6.61 Å². The fourth-order valence-corrected chi connectivity index (χ4v) is 4.68. The molecule has 3 aromatic carbocycles. The Balaban J connectivity index is 1.39. The fraction of sp³-hybridized carbons (Fsp3) is 0.0769. The van der Waals surface area contributed by atoms with Crippen molar-refractivity contribution in [3.63, 3.8) is 0 Å². The summed E-state index contributed by atoms with van der Waals surface area (Å²) in [6, 6.07) is 21.3. The number of aromatic hydroxyl groups is 1. The standard InChI is InChI=1S/C26H19NO4S/c28-22-13-12-18-7-1-3-9-19(18)21(22)16-24-25(29)27(26(30)32-24)14-15-31-23-11-5-8-17-6-2-4-10-20(17)23/h1-13,16,29H,14-15H2/b21-16-. The number of rotatable bonds is 5. The minimum absolute atomic E-state index is 0.158. The summed E-state index contributed by atoms with van der Waals surface area (Å²) in [5.74, 6) is 0.410. The molecular weight excluding hydrogens is 422 g/mol. The second-order valence-electron chi connectivity index (χ2n) is 7.38. The maximum Gasteiger partial charge on any atom is 0.310 e. The monoisotopic (exact) mass is 441 g/mol. The first kappa shape index (κ1) is 20.0. The van der Waals surface area contributed by atoms with Crippen LogP contribution in [0, 0.1) is 0 Å². The number of carbonyl (C=O) groups is 1. The van der Waals surface area contributed by atoms with E-state index >= 15 is 0 Å². The van der Waals surface area contributed by atoms with Crippen molar-refractivity contribution >= 4 is 45.6 Å². The van der Waals surface area contributed by atoms with E-state index in [0.717, 1.165) is 39.0 Å². The molecule has 0 bridgehead atoms. The second kappa shape index (κ2) is 8.32. The number of carbonyl (C=O) groups excluding carboxylic acids is 1. The SMILES string of the molecule is O=C1C=Cc2ccccc2/C1=C/c1sc(=O)n(CCOc2cccc3ccccc23)c1O. The third-order valence-electron chi connectivity index (χ3n) is 5.42. The molecule has 158 valence electrons. The van der Waals surface area contributed by atoms with Crippen molar-refractivity contribution < 1.29 is 14.6 Å². The minimum atomic E-state index is -0.303. The average molecular weight is 442 g/mol. The zero-order valence-electron chi connectivity index (χ0n) is 17.0. The molecule has 0 spiro atoms. The predicted molar refractivity (Wildman–Crippen MR) is 128 cm³/mol. The summed E-state index contributed by atoms with van der Waals surface area (Å²) in [6.07, 6.45) is 4.87. The number of aromatic nitrogens is 1. The van der Waals surface area contributed by atoms with Crippen molar-refractivity contribution in [1.29, 1.82) is 0 Å². The van der Waals surface area contributed by atoms with Gasteiger partial charge in [0, 0.05) is 11.0 Å². The molecule has 1 aromatic heterocycles. The van der Waals surface area contributed by atoms with Gasteiger partial charge in [0.25, 0.3) is 0 Å². The molecule has 5 nitrogen and oxygen atoms in total. The number of nitrogens with zero attached hydrogens (tertiary/aromatic N) is 1. The second-order valence-corrected chi connectivity index (χ2v) is 8.37. The summed E-state index contributed by atoms with van der Waals surface area (Å²) in [5.41, 5.74) is 2.16. The number of allylic oxidation sites excluding steroid dienone is 2. The number of fused-ring (bicyclic) bond motifs is 2. The first-order valence-electron chi connectivity index (χ1n) is 10.2. The van der Waals surface area contributed by atoms with Crippen molar-refractivity contribution in [2.45, 2.75) is 6.54 Å². The van der Waals surface area contributed by atoms with E-state index in [1.54, 1.807) is 12.2 Å². The molecule has 0 atom stereocenters. The third-order valence-corrected chi connectivity index (χ3v) is 6.34. The molecule has 0 saturated carbocycles. The van der Waals surface area contributed by atoms with Crippen molar-refractivity contribution in [3.8, 4) is 11.6 Å². The molecule has 0 fully saturated rings. The van der Waals surface area contributed by atoms with Crippen LogP contribution in [0.1, 0.15) is 16.0 Å². The molecule has 0 radical (unpaired) electrons. The molecule has 5 rings (SSSR count). The lowest BCUT2D eigenvalue weighted by Gasteiger charge is -2.12. The summed E-state index contributed by atoms with van der Waals surface area (Å²) in [5, 5.41) is 12.7. The van der Waals surface area contributed by atoms with Crippen LogP contribution in [0.4, 0.5) is 0 Å². The molecule has 1 N–H and O–H groups in total. The largest absolute Gasteiger partial charge is 0.493 e. The molecule has 0 amide bonds. The van der Waals surface area contributed by atoms with Crippen LogP contribution in [-0.4, -0.2) is 22.1 Å². The van der Waals surface area contributed by atoms with E-state index in [1.807, 2.05) is 66.7 Å².